The van der Waals surface area contributed by atoms with E-state index in [2.05, 4.69) is 10.6 Å². The van der Waals surface area contributed by atoms with Crippen LogP contribution in [0.25, 0.3) is 17.3 Å². The second-order valence-corrected chi connectivity index (χ2v) is 8.65. The molecule has 8 nitrogen and oxygen atoms in total. The minimum Gasteiger partial charge on any atom is -0.354 e. The summed E-state index contributed by atoms with van der Waals surface area (Å²) in [6.07, 6.45) is 5.51. The third-order valence-electron chi connectivity index (χ3n) is 6.26. The van der Waals surface area contributed by atoms with Crippen LogP contribution in [-0.4, -0.2) is 34.7 Å². The molecule has 0 atom stereocenters. The number of likely N-dealkylation sites (tertiary alicyclic amines) is 1. The molecule has 1 fully saturated rings. The molecule has 0 aliphatic carbocycles. The van der Waals surface area contributed by atoms with E-state index in [9.17, 15) is 19.7 Å². The zero-order chi connectivity index (χ0) is 25.1. The van der Waals surface area contributed by atoms with Gasteiger partial charge in [-0.15, -0.1) is 0 Å². The Bertz CT molecular complexity index is 1390. The van der Waals surface area contributed by atoms with Crippen molar-refractivity contribution in [3.05, 3.63) is 106 Å². The Kier molecular flexibility index (Phi) is 6.32. The minimum absolute atomic E-state index is 0.0815. The fourth-order valence-corrected chi connectivity index (χ4v) is 4.44. The fourth-order valence-electron chi connectivity index (χ4n) is 4.44. The number of anilines is 2. The molecule has 180 valence electrons. The molecule has 0 unspecified atom stereocenters. The van der Waals surface area contributed by atoms with Crippen LogP contribution in [0.5, 0.6) is 0 Å². The Hall–Kier alpha value is -4.72. The molecule has 0 aromatic heterocycles. The van der Waals surface area contributed by atoms with Crippen molar-refractivity contribution in [3.8, 4) is 0 Å². The second-order valence-electron chi connectivity index (χ2n) is 8.65. The van der Waals surface area contributed by atoms with Gasteiger partial charge in [-0.1, -0.05) is 54.6 Å². The standard InChI is InChI=1S/C28H24N4O4/c33-25-9-5-17-31(25)16-4-6-19-10-12-21(13-11-19)29-27(20-7-2-1-3-8-20)26-23-18-22(32(35)36)14-15-24(23)30-28(26)34/h1-4,6-8,10-15,18,29H,5,9,16-17H2,(H,30,34). The Morgan fingerprint density at radius 1 is 1.06 bits per heavy atom. The average Bonchev–Trinajstić information content (AvgIpc) is 3.45. The van der Waals surface area contributed by atoms with E-state index in [1.165, 1.54) is 12.1 Å². The predicted molar refractivity (Wildman–Crippen MR) is 140 cm³/mol. The molecule has 2 N–H and O–H groups in total. The summed E-state index contributed by atoms with van der Waals surface area (Å²) in [5.41, 5.74) is 4.37. The normalized spacial score (nSPS) is 16.3. The molecule has 2 amide bonds. The van der Waals surface area contributed by atoms with Crippen LogP contribution in [0.15, 0.2) is 78.9 Å². The number of benzene rings is 3. The second kappa shape index (κ2) is 9.87. The molecule has 2 aliphatic rings. The lowest BCUT2D eigenvalue weighted by molar-refractivity contribution is -0.384. The Labute approximate surface area is 208 Å². The molecule has 0 bridgehead atoms. The SMILES string of the molecule is O=C1Nc2ccc([N+](=O)[O-])cc2C1=C(Nc1ccc(C=CCN2CCCC2=O)cc1)c1ccccc1. The maximum atomic E-state index is 13.0. The van der Waals surface area contributed by atoms with Crippen LogP contribution >= 0.6 is 0 Å². The first kappa shape index (κ1) is 23.0. The smallest absolute Gasteiger partial charge is 0.270 e. The highest BCUT2D eigenvalue weighted by molar-refractivity contribution is 6.37. The highest BCUT2D eigenvalue weighted by Crippen LogP contribution is 2.39. The van der Waals surface area contributed by atoms with Gasteiger partial charge in [0.2, 0.25) is 5.91 Å². The van der Waals surface area contributed by atoms with Crippen LogP contribution in [0, 0.1) is 10.1 Å². The molecule has 36 heavy (non-hydrogen) atoms. The van der Waals surface area contributed by atoms with Crippen LogP contribution in [0.1, 0.15) is 29.5 Å². The molecule has 8 heteroatoms. The molecule has 3 aromatic carbocycles. The van der Waals surface area contributed by atoms with Crippen LogP contribution in [0.2, 0.25) is 0 Å². The number of non-ortho nitro benzene ring substituents is 1. The molecule has 3 aromatic rings. The van der Waals surface area contributed by atoms with E-state index in [-0.39, 0.29) is 17.5 Å². The average molecular weight is 481 g/mol. The number of nitro groups is 1. The number of carbonyl (C=O) groups is 2. The lowest BCUT2D eigenvalue weighted by Crippen LogP contribution is -2.24. The summed E-state index contributed by atoms with van der Waals surface area (Å²) in [5, 5.41) is 17.5. The highest BCUT2D eigenvalue weighted by Gasteiger charge is 2.30. The van der Waals surface area contributed by atoms with E-state index < -0.39 is 4.92 Å². The fraction of sp³-hybridized carbons (Fsp3) is 0.143. The molecule has 2 aliphatic heterocycles. The molecule has 5 rings (SSSR count). The molecule has 0 spiro atoms. The van der Waals surface area contributed by atoms with Crippen LogP contribution in [0.4, 0.5) is 17.1 Å². The number of fused-ring (bicyclic) bond motifs is 1. The van der Waals surface area contributed by atoms with Gasteiger partial charge in [-0.3, -0.25) is 19.7 Å². The third kappa shape index (κ3) is 4.74. The number of amides is 2. The summed E-state index contributed by atoms with van der Waals surface area (Å²) in [4.78, 5) is 37.5. The summed E-state index contributed by atoms with van der Waals surface area (Å²) in [7, 11) is 0. The molecule has 1 saturated heterocycles. The van der Waals surface area contributed by atoms with Crippen LogP contribution < -0.4 is 10.6 Å². The number of nitrogens with one attached hydrogen (secondary N) is 2. The Morgan fingerprint density at radius 3 is 2.53 bits per heavy atom. The van der Waals surface area contributed by atoms with E-state index in [4.69, 9.17) is 0 Å². The van der Waals surface area contributed by atoms with Gasteiger partial charge >= 0.3 is 0 Å². The van der Waals surface area contributed by atoms with E-state index in [0.29, 0.717) is 35.5 Å². The Balaban J connectivity index is 1.45. The first-order valence-corrected chi connectivity index (χ1v) is 11.7. The minimum atomic E-state index is -0.470. The maximum absolute atomic E-state index is 13.0. The maximum Gasteiger partial charge on any atom is 0.270 e. The van der Waals surface area contributed by atoms with Crippen LogP contribution in [0.3, 0.4) is 0 Å². The lowest BCUT2D eigenvalue weighted by Gasteiger charge is -2.15. The van der Waals surface area contributed by atoms with Crippen molar-refractivity contribution in [3.63, 3.8) is 0 Å². The lowest BCUT2D eigenvalue weighted by atomic mass is 9.99. The van der Waals surface area contributed by atoms with Gasteiger partial charge in [0.15, 0.2) is 0 Å². The zero-order valence-electron chi connectivity index (χ0n) is 19.4. The van der Waals surface area contributed by atoms with Gasteiger partial charge in [0, 0.05) is 48.6 Å². The van der Waals surface area contributed by atoms with Crippen molar-refractivity contribution >= 4 is 46.2 Å². The topological polar surface area (TPSA) is 105 Å². The van der Waals surface area contributed by atoms with Gasteiger partial charge in [0.1, 0.15) is 0 Å². The summed E-state index contributed by atoms with van der Waals surface area (Å²) in [6, 6.07) is 21.5. The molecule has 0 saturated carbocycles. The van der Waals surface area contributed by atoms with Gasteiger partial charge in [0.05, 0.1) is 16.2 Å². The van der Waals surface area contributed by atoms with Gasteiger partial charge in [-0.25, -0.2) is 0 Å². The first-order valence-electron chi connectivity index (χ1n) is 11.7. The number of hydrogen-bond acceptors (Lipinski definition) is 5. The van der Waals surface area contributed by atoms with Crippen molar-refractivity contribution < 1.29 is 14.5 Å². The number of nitrogens with zero attached hydrogens (tertiary/aromatic N) is 2. The van der Waals surface area contributed by atoms with E-state index in [1.807, 2.05) is 71.6 Å². The van der Waals surface area contributed by atoms with Gasteiger partial charge < -0.3 is 15.5 Å². The van der Waals surface area contributed by atoms with Gasteiger partial charge in [-0.05, 0) is 35.7 Å². The third-order valence-corrected chi connectivity index (χ3v) is 6.26. The van der Waals surface area contributed by atoms with Gasteiger partial charge in [-0.2, -0.15) is 0 Å². The highest BCUT2D eigenvalue weighted by atomic mass is 16.6. The molecule has 2 heterocycles. The number of hydrogen-bond donors (Lipinski definition) is 2. The number of nitro benzene ring substituents is 1. The first-order chi connectivity index (χ1) is 17.5. The summed E-state index contributed by atoms with van der Waals surface area (Å²) in [5.74, 6) is -0.128. The van der Waals surface area contributed by atoms with Crippen molar-refractivity contribution in [1.29, 1.82) is 0 Å². The molecule has 0 radical (unpaired) electrons. The monoisotopic (exact) mass is 480 g/mol. The summed E-state index contributed by atoms with van der Waals surface area (Å²) >= 11 is 0. The van der Waals surface area contributed by atoms with Crippen molar-refractivity contribution in [2.45, 2.75) is 12.8 Å². The quantitative estimate of drug-likeness (QED) is 0.276. The summed E-state index contributed by atoms with van der Waals surface area (Å²) < 4.78 is 0. The van der Waals surface area contributed by atoms with Crippen molar-refractivity contribution in [2.75, 3.05) is 23.7 Å². The largest absolute Gasteiger partial charge is 0.354 e. The van der Waals surface area contributed by atoms with Crippen molar-refractivity contribution in [1.82, 2.24) is 4.90 Å². The Morgan fingerprint density at radius 2 is 1.83 bits per heavy atom. The van der Waals surface area contributed by atoms with Crippen molar-refractivity contribution in [2.24, 2.45) is 0 Å². The molecular weight excluding hydrogens is 456 g/mol. The zero-order valence-corrected chi connectivity index (χ0v) is 19.4. The number of carbonyl (C=O) groups excluding carboxylic acids is 2. The van der Waals surface area contributed by atoms with E-state index in [0.717, 1.165) is 29.8 Å². The number of rotatable bonds is 7. The van der Waals surface area contributed by atoms with Crippen LogP contribution in [-0.2, 0) is 9.59 Å². The predicted octanol–water partition coefficient (Wildman–Crippen LogP) is 5.16. The van der Waals surface area contributed by atoms with Gasteiger partial charge in [0.25, 0.3) is 11.6 Å². The summed E-state index contributed by atoms with van der Waals surface area (Å²) in [6.45, 7) is 1.41. The molecular formula is C28H24N4O4. The van der Waals surface area contributed by atoms with E-state index >= 15 is 0 Å². The van der Waals surface area contributed by atoms with E-state index in [1.54, 1.807) is 6.07 Å².